The highest BCUT2D eigenvalue weighted by atomic mass is 35.5. The number of rotatable bonds is 4. The van der Waals surface area contributed by atoms with E-state index < -0.39 is 0 Å². The fourth-order valence-corrected chi connectivity index (χ4v) is 3.81. The Morgan fingerprint density at radius 2 is 1.82 bits per heavy atom. The largest absolute Gasteiger partial charge is 0.349 e. The van der Waals surface area contributed by atoms with Gasteiger partial charge in [0, 0.05) is 35.3 Å². The molecule has 0 unspecified atom stereocenters. The predicted octanol–water partition coefficient (Wildman–Crippen LogP) is 5.95. The Morgan fingerprint density at radius 3 is 2.57 bits per heavy atom. The van der Waals surface area contributed by atoms with Crippen LogP contribution in [0.1, 0.15) is 43.6 Å². The number of fused-ring (bicyclic) bond motifs is 1. The molecule has 2 aromatic carbocycles. The molecule has 1 aliphatic heterocycles. The maximum absolute atomic E-state index is 6.13. The maximum atomic E-state index is 6.13. The zero-order chi connectivity index (χ0) is 19.7. The van der Waals surface area contributed by atoms with Gasteiger partial charge in [0.1, 0.15) is 17.5 Å². The molecule has 144 valence electrons. The highest BCUT2D eigenvalue weighted by Crippen LogP contribution is 2.30. The van der Waals surface area contributed by atoms with Crippen LogP contribution in [0.2, 0.25) is 5.02 Å². The van der Waals surface area contributed by atoms with Crippen molar-refractivity contribution < 1.29 is 0 Å². The Bertz CT molecular complexity index is 986. The van der Waals surface area contributed by atoms with Gasteiger partial charge in [0.25, 0.3) is 0 Å². The second kappa shape index (κ2) is 7.80. The number of anilines is 3. The normalized spacial score (nSPS) is 16.2. The van der Waals surface area contributed by atoms with E-state index in [1.807, 2.05) is 30.3 Å². The van der Waals surface area contributed by atoms with E-state index in [2.05, 4.69) is 55.3 Å². The van der Waals surface area contributed by atoms with Crippen molar-refractivity contribution in [3.63, 3.8) is 0 Å². The predicted molar refractivity (Wildman–Crippen MR) is 117 cm³/mol. The van der Waals surface area contributed by atoms with Crippen molar-refractivity contribution >= 4 is 28.9 Å². The average Bonchev–Trinajstić information content (AvgIpc) is 2.67. The second-order valence-electron chi connectivity index (χ2n) is 7.71. The van der Waals surface area contributed by atoms with Crippen LogP contribution in [0.5, 0.6) is 0 Å². The van der Waals surface area contributed by atoms with Gasteiger partial charge in [-0.2, -0.15) is 0 Å². The van der Waals surface area contributed by atoms with Crippen molar-refractivity contribution in [1.29, 1.82) is 0 Å². The van der Waals surface area contributed by atoms with Crippen molar-refractivity contribution in [1.82, 2.24) is 9.97 Å². The van der Waals surface area contributed by atoms with Crippen LogP contribution in [-0.4, -0.2) is 16.0 Å². The first-order valence-electron chi connectivity index (χ1n) is 9.74. The van der Waals surface area contributed by atoms with Gasteiger partial charge < -0.3 is 10.2 Å². The summed E-state index contributed by atoms with van der Waals surface area (Å²) in [7, 11) is 0. The van der Waals surface area contributed by atoms with Crippen molar-refractivity contribution in [3.05, 3.63) is 76.6 Å². The average molecular weight is 393 g/mol. The quantitative estimate of drug-likeness (QED) is 0.595. The SMILES string of the molecule is CC(C)c1nc(Nc2cccc(Cl)c2)cc(N2Cc3ccccc3C[C@@H]2C)n1. The van der Waals surface area contributed by atoms with E-state index in [9.17, 15) is 0 Å². The first-order chi connectivity index (χ1) is 13.5. The fourth-order valence-electron chi connectivity index (χ4n) is 3.62. The summed E-state index contributed by atoms with van der Waals surface area (Å²) in [4.78, 5) is 12.0. The molecule has 0 aliphatic carbocycles. The monoisotopic (exact) mass is 392 g/mol. The van der Waals surface area contributed by atoms with Gasteiger partial charge in [0.05, 0.1) is 0 Å². The maximum Gasteiger partial charge on any atom is 0.136 e. The third kappa shape index (κ3) is 3.97. The lowest BCUT2D eigenvalue weighted by molar-refractivity contribution is 0.583. The molecule has 28 heavy (non-hydrogen) atoms. The van der Waals surface area contributed by atoms with E-state index >= 15 is 0 Å². The van der Waals surface area contributed by atoms with Gasteiger partial charge in [0.15, 0.2) is 0 Å². The molecule has 5 heteroatoms. The van der Waals surface area contributed by atoms with Crippen molar-refractivity contribution in [2.45, 2.75) is 45.7 Å². The minimum absolute atomic E-state index is 0.243. The summed E-state index contributed by atoms with van der Waals surface area (Å²) in [5.41, 5.74) is 3.72. The number of aromatic nitrogens is 2. The van der Waals surface area contributed by atoms with Gasteiger partial charge in [-0.05, 0) is 42.7 Å². The molecule has 0 saturated carbocycles. The lowest BCUT2D eigenvalue weighted by Gasteiger charge is -2.36. The highest BCUT2D eigenvalue weighted by Gasteiger charge is 2.25. The van der Waals surface area contributed by atoms with Crippen LogP contribution in [0.25, 0.3) is 0 Å². The summed E-state index contributed by atoms with van der Waals surface area (Å²) in [6, 6.07) is 18.8. The number of hydrogen-bond donors (Lipinski definition) is 1. The zero-order valence-corrected chi connectivity index (χ0v) is 17.2. The Balaban J connectivity index is 1.69. The van der Waals surface area contributed by atoms with Crippen LogP contribution < -0.4 is 10.2 Å². The molecule has 0 fully saturated rings. The molecule has 1 atom stereocenters. The van der Waals surface area contributed by atoms with Crippen molar-refractivity contribution in [2.75, 3.05) is 10.2 Å². The molecule has 1 aliphatic rings. The van der Waals surface area contributed by atoms with Crippen LogP contribution in [0, 0.1) is 0 Å². The van der Waals surface area contributed by atoms with Crippen molar-refractivity contribution in [3.8, 4) is 0 Å². The minimum Gasteiger partial charge on any atom is -0.349 e. The smallest absolute Gasteiger partial charge is 0.136 e. The van der Waals surface area contributed by atoms with Crippen LogP contribution in [0.15, 0.2) is 54.6 Å². The standard InChI is InChI=1S/C23H25ClN4/c1-15(2)23-26-21(25-20-10-6-9-19(24)12-20)13-22(27-23)28-14-18-8-5-4-7-17(18)11-16(28)3/h4-10,12-13,15-16H,11,14H2,1-3H3,(H,25,26,27)/t16-/m0/s1. The molecular weight excluding hydrogens is 368 g/mol. The first-order valence-corrected chi connectivity index (χ1v) is 10.1. The number of benzene rings is 2. The summed E-state index contributed by atoms with van der Waals surface area (Å²) in [5.74, 6) is 2.84. The Kier molecular flexibility index (Phi) is 5.23. The van der Waals surface area contributed by atoms with Gasteiger partial charge in [-0.1, -0.05) is 55.8 Å². The van der Waals surface area contributed by atoms with Crippen LogP contribution in [0.4, 0.5) is 17.3 Å². The van der Waals surface area contributed by atoms with E-state index in [-0.39, 0.29) is 5.92 Å². The molecule has 4 nitrogen and oxygen atoms in total. The Labute approximate surface area is 171 Å². The van der Waals surface area contributed by atoms with Crippen LogP contribution in [-0.2, 0) is 13.0 Å². The third-order valence-electron chi connectivity index (χ3n) is 5.14. The number of hydrogen-bond acceptors (Lipinski definition) is 4. The summed E-state index contributed by atoms with van der Waals surface area (Å²) in [6.45, 7) is 7.37. The van der Waals surface area contributed by atoms with E-state index in [0.717, 1.165) is 36.1 Å². The van der Waals surface area contributed by atoms with Gasteiger partial charge in [-0.15, -0.1) is 0 Å². The molecule has 1 aromatic heterocycles. The topological polar surface area (TPSA) is 41.1 Å². The summed E-state index contributed by atoms with van der Waals surface area (Å²) < 4.78 is 0. The molecule has 0 bridgehead atoms. The first kappa shape index (κ1) is 18.8. The lowest BCUT2D eigenvalue weighted by atomic mass is 9.95. The number of halogens is 1. The minimum atomic E-state index is 0.243. The molecule has 0 saturated heterocycles. The fraction of sp³-hybridized carbons (Fsp3) is 0.304. The molecule has 2 heterocycles. The van der Waals surface area contributed by atoms with Gasteiger partial charge in [0.2, 0.25) is 0 Å². The van der Waals surface area contributed by atoms with Gasteiger partial charge in [-0.3, -0.25) is 0 Å². The van der Waals surface area contributed by atoms with E-state index in [0.29, 0.717) is 11.1 Å². The molecule has 0 amide bonds. The number of nitrogens with zero attached hydrogens (tertiary/aromatic N) is 3. The highest BCUT2D eigenvalue weighted by molar-refractivity contribution is 6.30. The summed E-state index contributed by atoms with van der Waals surface area (Å²) in [5, 5.41) is 4.09. The number of nitrogens with one attached hydrogen (secondary N) is 1. The van der Waals surface area contributed by atoms with E-state index in [1.54, 1.807) is 0 Å². The summed E-state index contributed by atoms with van der Waals surface area (Å²) in [6.07, 6.45) is 1.02. The van der Waals surface area contributed by atoms with Crippen LogP contribution in [0.3, 0.4) is 0 Å². The second-order valence-corrected chi connectivity index (χ2v) is 8.15. The third-order valence-corrected chi connectivity index (χ3v) is 5.38. The van der Waals surface area contributed by atoms with E-state index in [1.165, 1.54) is 11.1 Å². The lowest BCUT2D eigenvalue weighted by Crippen LogP contribution is -2.39. The molecule has 1 N–H and O–H groups in total. The molecule has 0 spiro atoms. The molecular formula is C23H25ClN4. The van der Waals surface area contributed by atoms with Gasteiger partial charge >= 0.3 is 0 Å². The molecule has 3 aromatic rings. The Hall–Kier alpha value is -2.59. The molecule has 0 radical (unpaired) electrons. The molecule has 4 rings (SSSR count). The zero-order valence-electron chi connectivity index (χ0n) is 16.5. The van der Waals surface area contributed by atoms with Crippen molar-refractivity contribution in [2.24, 2.45) is 0 Å². The van der Waals surface area contributed by atoms with E-state index in [4.69, 9.17) is 21.6 Å². The Morgan fingerprint density at radius 1 is 1.04 bits per heavy atom. The summed E-state index contributed by atoms with van der Waals surface area (Å²) >= 11 is 6.13. The van der Waals surface area contributed by atoms with Gasteiger partial charge in [-0.25, -0.2) is 9.97 Å². The van der Waals surface area contributed by atoms with Crippen LogP contribution >= 0.6 is 11.6 Å².